The number of ether oxygens (including phenoxy) is 1. The summed E-state index contributed by atoms with van der Waals surface area (Å²) in [6.45, 7) is 4.94. The Labute approximate surface area is 424 Å². The van der Waals surface area contributed by atoms with E-state index in [4.69, 9.17) is 4.74 Å². The molecule has 2 unspecified atom stereocenters. The van der Waals surface area contributed by atoms with Crippen molar-refractivity contribution >= 4 is 11.9 Å². The molecule has 0 aliphatic heterocycles. The van der Waals surface area contributed by atoms with Gasteiger partial charge in [0.1, 0.15) is 0 Å². The van der Waals surface area contributed by atoms with Gasteiger partial charge in [-0.2, -0.15) is 0 Å². The van der Waals surface area contributed by atoms with Gasteiger partial charge in [0, 0.05) is 12.8 Å². The van der Waals surface area contributed by atoms with E-state index in [1.54, 1.807) is 0 Å². The summed E-state index contributed by atoms with van der Waals surface area (Å²) in [7, 11) is 0. The molecule has 0 saturated heterocycles. The van der Waals surface area contributed by atoms with Gasteiger partial charge >= 0.3 is 5.97 Å². The van der Waals surface area contributed by atoms with Crippen molar-refractivity contribution < 1.29 is 24.5 Å². The third kappa shape index (κ3) is 53.7. The van der Waals surface area contributed by atoms with Crippen LogP contribution in [0.4, 0.5) is 0 Å². The van der Waals surface area contributed by atoms with Crippen molar-refractivity contribution in [3.8, 4) is 0 Å². The van der Waals surface area contributed by atoms with Gasteiger partial charge in [0.25, 0.3) is 0 Å². The first-order valence-electron chi connectivity index (χ1n) is 30.6. The normalized spacial score (nSPS) is 12.7. The molecule has 68 heavy (non-hydrogen) atoms. The summed E-state index contributed by atoms with van der Waals surface area (Å²) in [5, 5.41) is 23.1. The van der Waals surface area contributed by atoms with Crippen LogP contribution >= 0.6 is 0 Å². The molecule has 3 N–H and O–H groups in total. The number of unbranched alkanes of at least 4 members (excludes halogenated alkanes) is 42. The van der Waals surface area contributed by atoms with Gasteiger partial charge in [0.2, 0.25) is 5.91 Å². The SMILES string of the molecule is CCCCCCCC/C=C\CCCCCCCCCC(=O)OCCCCCCCCCCCCCC/C=C\CCCCCCCCCCCC(=O)NC(CO)C(O)CCCCCCCCCCC. The van der Waals surface area contributed by atoms with Crippen LogP contribution in [-0.2, 0) is 14.3 Å². The third-order valence-electron chi connectivity index (χ3n) is 14.2. The summed E-state index contributed by atoms with van der Waals surface area (Å²) >= 11 is 0. The molecule has 0 bridgehead atoms. The maximum Gasteiger partial charge on any atom is 0.305 e. The van der Waals surface area contributed by atoms with Crippen molar-refractivity contribution in [3.63, 3.8) is 0 Å². The predicted molar refractivity (Wildman–Crippen MR) is 296 cm³/mol. The number of hydrogen-bond donors (Lipinski definition) is 3. The van der Waals surface area contributed by atoms with Gasteiger partial charge in [-0.05, 0) is 77.0 Å². The van der Waals surface area contributed by atoms with E-state index in [0.29, 0.717) is 25.9 Å². The summed E-state index contributed by atoms with van der Waals surface area (Å²) in [4.78, 5) is 24.5. The lowest BCUT2D eigenvalue weighted by Gasteiger charge is -2.22. The van der Waals surface area contributed by atoms with E-state index in [2.05, 4.69) is 43.5 Å². The standard InChI is InChI=1S/C62H119NO5/c1-3-5-7-9-11-13-14-15-16-26-30-33-36-40-44-48-52-56-62(67)68-57-53-49-45-41-37-34-31-28-25-23-21-19-17-18-20-22-24-27-29-32-35-39-43-47-51-55-61(66)63-59(58-64)60(65)54-50-46-42-38-12-10-8-6-4-2/h15-16,18,20,59-60,64-65H,3-14,17,19,21-58H2,1-2H3,(H,63,66)/b16-15-,20-18-. The second-order valence-electron chi connectivity index (χ2n) is 21.0. The number of aliphatic hydroxyl groups is 2. The van der Waals surface area contributed by atoms with Crippen molar-refractivity contribution in [2.45, 2.75) is 347 Å². The van der Waals surface area contributed by atoms with Crippen molar-refractivity contribution in [1.82, 2.24) is 5.32 Å². The summed E-state index contributed by atoms with van der Waals surface area (Å²) in [6.07, 6.45) is 70.6. The quantitative estimate of drug-likeness (QED) is 0.0321. The topological polar surface area (TPSA) is 95.9 Å². The zero-order valence-electron chi connectivity index (χ0n) is 45.9. The summed E-state index contributed by atoms with van der Waals surface area (Å²) in [5.41, 5.74) is 0. The fraction of sp³-hybridized carbons (Fsp3) is 0.903. The number of esters is 1. The van der Waals surface area contributed by atoms with Crippen LogP contribution in [0.25, 0.3) is 0 Å². The van der Waals surface area contributed by atoms with Crippen LogP contribution in [0.2, 0.25) is 0 Å². The number of rotatable bonds is 57. The highest BCUT2D eigenvalue weighted by Crippen LogP contribution is 2.17. The fourth-order valence-corrected chi connectivity index (χ4v) is 9.51. The average molecular weight is 959 g/mol. The van der Waals surface area contributed by atoms with Crippen LogP contribution in [0.1, 0.15) is 335 Å². The van der Waals surface area contributed by atoms with Gasteiger partial charge < -0.3 is 20.3 Å². The van der Waals surface area contributed by atoms with E-state index < -0.39 is 12.1 Å². The van der Waals surface area contributed by atoms with E-state index in [0.717, 1.165) is 44.9 Å². The molecular weight excluding hydrogens is 839 g/mol. The van der Waals surface area contributed by atoms with Crippen LogP contribution in [0.3, 0.4) is 0 Å². The third-order valence-corrected chi connectivity index (χ3v) is 14.2. The predicted octanol–water partition coefficient (Wildman–Crippen LogP) is 19.0. The molecule has 0 aliphatic carbocycles. The van der Waals surface area contributed by atoms with Crippen LogP contribution in [0, 0.1) is 0 Å². The zero-order valence-corrected chi connectivity index (χ0v) is 45.9. The van der Waals surface area contributed by atoms with E-state index in [9.17, 15) is 19.8 Å². The number of nitrogens with one attached hydrogen (secondary N) is 1. The molecule has 6 nitrogen and oxygen atoms in total. The van der Waals surface area contributed by atoms with E-state index in [1.165, 1.54) is 257 Å². The number of amides is 1. The Morgan fingerprint density at radius 2 is 0.691 bits per heavy atom. The molecule has 0 aliphatic rings. The monoisotopic (exact) mass is 958 g/mol. The van der Waals surface area contributed by atoms with Crippen molar-refractivity contribution in [3.05, 3.63) is 24.3 Å². The first-order chi connectivity index (χ1) is 33.5. The molecule has 402 valence electrons. The Bertz CT molecular complexity index is 1060. The molecule has 0 fully saturated rings. The highest BCUT2D eigenvalue weighted by atomic mass is 16.5. The smallest absolute Gasteiger partial charge is 0.305 e. The number of allylic oxidation sites excluding steroid dienone is 4. The number of hydrogen-bond acceptors (Lipinski definition) is 5. The minimum Gasteiger partial charge on any atom is -0.466 e. The Kier molecular flexibility index (Phi) is 56.5. The van der Waals surface area contributed by atoms with Gasteiger partial charge in [-0.25, -0.2) is 0 Å². The Balaban J connectivity index is 3.35. The molecule has 0 aromatic rings. The minimum absolute atomic E-state index is 0.0102. The Morgan fingerprint density at radius 1 is 0.397 bits per heavy atom. The average Bonchev–Trinajstić information content (AvgIpc) is 3.34. The Morgan fingerprint density at radius 3 is 1.04 bits per heavy atom. The lowest BCUT2D eigenvalue weighted by molar-refractivity contribution is -0.143. The molecule has 2 atom stereocenters. The Hall–Kier alpha value is -1.66. The molecule has 0 rings (SSSR count). The first-order valence-corrected chi connectivity index (χ1v) is 30.6. The molecule has 0 spiro atoms. The van der Waals surface area contributed by atoms with Gasteiger partial charge in [0.05, 0.1) is 25.4 Å². The fourth-order valence-electron chi connectivity index (χ4n) is 9.51. The van der Waals surface area contributed by atoms with Crippen molar-refractivity contribution in [2.24, 2.45) is 0 Å². The highest BCUT2D eigenvalue weighted by Gasteiger charge is 2.20. The maximum absolute atomic E-state index is 12.4. The summed E-state index contributed by atoms with van der Waals surface area (Å²) in [5.74, 6) is -0.0295. The molecule has 0 aromatic heterocycles. The van der Waals surface area contributed by atoms with Gasteiger partial charge in [-0.3, -0.25) is 9.59 Å². The molecule has 0 heterocycles. The maximum atomic E-state index is 12.4. The number of carbonyl (C=O) groups excluding carboxylic acids is 2. The van der Waals surface area contributed by atoms with E-state index >= 15 is 0 Å². The second kappa shape index (κ2) is 57.9. The number of carbonyl (C=O) groups is 2. The zero-order chi connectivity index (χ0) is 49.3. The number of aliphatic hydroxyl groups excluding tert-OH is 2. The van der Waals surface area contributed by atoms with E-state index in [1.807, 2.05) is 0 Å². The first kappa shape index (κ1) is 66.3. The summed E-state index contributed by atoms with van der Waals surface area (Å²) in [6, 6.07) is -0.541. The van der Waals surface area contributed by atoms with Gasteiger partial charge in [-0.1, -0.05) is 269 Å². The highest BCUT2D eigenvalue weighted by molar-refractivity contribution is 5.76. The molecule has 0 saturated carbocycles. The van der Waals surface area contributed by atoms with Crippen LogP contribution in [0.5, 0.6) is 0 Å². The lowest BCUT2D eigenvalue weighted by Crippen LogP contribution is -2.45. The molecule has 6 heteroatoms. The molecule has 0 aromatic carbocycles. The van der Waals surface area contributed by atoms with Crippen LogP contribution < -0.4 is 5.32 Å². The van der Waals surface area contributed by atoms with Gasteiger partial charge in [-0.15, -0.1) is 0 Å². The van der Waals surface area contributed by atoms with Gasteiger partial charge in [0.15, 0.2) is 0 Å². The largest absolute Gasteiger partial charge is 0.466 e. The summed E-state index contributed by atoms with van der Waals surface area (Å²) < 4.78 is 5.49. The lowest BCUT2D eigenvalue weighted by atomic mass is 10.0. The van der Waals surface area contributed by atoms with Crippen LogP contribution in [0.15, 0.2) is 24.3 Å². The van der Waals surface area contributed by atoms with Crippen molar-refractivity contribution in [1.29, 1.82) is 0 Å². The van der Waals surface area contributed by atoms with E-state index in [-0.39, 0.29) is 18.5 Å². The molecular formula is C62H119NO5. The van der Waals surface area contributed by atoms with Crippen LogP contribution in [-0.4, -0.2) is 47.4 Å². The second-order valence-corrected chi connectivity index (χ2v) is 21.0. The molecule has 1 amide bonds. The van der Waals surface area contributed by atoms with Crippen molar-refractivity contribution in [2.75, 3.05) is 13.2 Å². The minimum atomic E-state index is -0.663. The molecule has 0 radical (unpaired) electrons.